The minimum absolute atomic E-state index is 0.566. The summed E-state index contributed by atoms with van der Waals surface area (Å²) >= 11 is 0. The molecule has 0 bridgehead atoms. The summed E-state index contributed by atoms with van der Waals surface area (Å²) in [6, 6.07) is 3.75. The number of rotatable bonds is 4. The van der Waals surface area contributed by atoms with Gasteiger partial charge >= 0.3 is 0 Å². The highest BCUT2D eigenvalue weighted by Crippen LogP contribution is 2.01. The summed E-state index contributed by atoms with van der Waals surface area (Å²) in [5.74, 6) is 5.91. The van der Waals surface area contributed by atoms with Crippen LogP contribution in [0.3, 0.4) is 0 Å². The van der Waals surface area contributed by atoms with E-state index in [4.69, 9.17) is 5.84 Å². The second-order valence-corrected chi connectivity index (χ2v) is 3.09. The van der Waals surface area contributed by atoms with Crippen LogP contribution in [0.2, 0.25) is 0 Å². The molecule has 1 aromatic rings. The third kappa shape index (κ3) is 4.42. The fourth-order valence-corrected chi connectivity index (χ4v) is 1.04. The number of unbranched alkanes of at least 4 members (excludes halogenated alkanes) is 1. The molecule has 0 spiro atoms. The van der Waals surface area contributed by atoms with E-state index in [0.717, 1.165) is 25.1 Å². The Morgan fingerprint density at radius 2 is 2.47 bits per heavy atom. The largest absolute Gasteiger partial charge is 0.324 e. The quantitative estimate of drug-likeness (QED) is 0.227. The topological polar surface area (TPSA) is 75.3 Å². The van der Waals surface area contributed by atoms with Gasteiger partial charge in [0, 0.05) is 12.7 Å². The van der Waals surface area contributed by atoms with Gasteiger partial charge in [-0.15, -0.1) is 0 Å². The van der Waals surface area contributed by atoms with Crippen molar-refractivity contribution in [3.63, 3.8) is 0 Å². The molecular formula is C10H17N5. The summed E-state index contributed by atoms with van der Waals surface area (Å²) in [7, 11) is 0. The fraction of sp³-hybridized carbons (Fsp3) is 0.400. The molecule has 0 amide bonds. The van der Waals surface area contributed by atoms with Gasteiger partial charge in [-0.1, -0.05) is 13.3 Å². The van der Waals surface area contributed by atoms with Crippen LogP contribution in [0.5, 0.6) is 0 Å². The van der Waals surface area contributed by atoms with Crippen LogP contribution in [0.4, 0.5) is 5.69 Å². The van der Waals surface area contributed by atoms with Crippen LogP contribution in [0.25, 0.3) is 0 Å². The summed E-state index contributed by atoms with van der Waals surface area (Å²) in [5.41, 5.74) is 3.39. The molecule has 0 aromatic carbocycles. The zero-order valence-corrected chi connectivity index (χ0v) is 8.90. The lowest BCUT2D eigenvalue weighted by atomic mass is 10.3. The molecular weight excluding hydrogens is 190 g/mol. The average molecular weight is 207 g/mol. The maximum Gasteiger partial charge on any atom is 0.210 e. The molecule has 1 aromatic heterocycles. The molecule has 15 heavy (non-hydrogen) atoms. The van der Waals surface area contributed by atoms with Gasteiger partial charge < -0.3 is 5.32 Å². The minimum Gasteiger partial charge on any atom is -0.324 e. The lowest BCUT2D eigenvalue weighted by Gasteiger charge is -2.08. The molecule has 5 nitrogen and oxygen atoms in total. The number of aromatic nitrogens is 1. The predicted molar refractivity (Wildman–Crippen MR) is 62.4 cm³/mol. The number of nitrogens with two attached hydrogens (primary N) is 1. The zero-order valence-electron chi connectivity index (χ0n) is 8.90. The first kappa shape index (κ1) is 11.5. The van der Waals surface area contributed by atoms with Gasteiger partial charge in [0.2, 0.25) is 5.96 Å². The van der Waals surface area contributed by atoms with E-state index in [1.165, 1.54) is 0 Å². The van der Waals surface area contributed by atoms with E-state index < -0.39 is 0 Å². The minimum atomic E-state index is 0.566. The molecule has 0 saturated carbocycles. The summed E-state index contributed by atoms with van der Waals surface area (Å²) in [6.07, 6.45) is 5.61. The van der Waals surface area contributed by atoms with Crippen LogP contribution in [0.1, 0.15) is 19.8 Å². The summed E-state index contributed by atoms with van der Waals surface area (Å²) in [5, 5.41) is 3.04. The van der Waals surface area contributed by atoms with E-state index in [9.17, 15) is 0 Å². The van der Waals surface area contributed by atoms with Crippen LogP contribution in [0.15, 0.2) is 29.5 Å². The Hall–Kier alpha value is -1.62. The van der Waals surface area contributed by atoms with Gasteiger partial charge in [0.25, 0.3) is 0 Å². The van der Waals surface area contributed by atoms with Gasteiger partial charge in [0.15, 0.2) is 0 Å². The van der Waals surface area contributed by atoms with Crippen LogP contribution < -0.4 is 16.6 Å². The molecule has 0 aliphatic rings. The highest BCUT2D eigenvalue weighted by atomic mass is 15.3. The molecule has 1 rings (SSSR count). The number of hydrogen-bond acceptors (Lipinski definition) is 3. The normalized spacial score (nSPS) is 11.2. The van der Waals surface area contributed by atoms with Crippen LogP contribution >= 0.6 is 0 Å². The number of hydrogen-bond donors (Lipinski definition) is 3. The molecule has 0 aliphatic heterocycles. The zero-order chi connectivity index (χ0) is 10.9. The van der Waals surface area contributed by atoms with Crippen molar-refractivity contribution in [2.45, 2.75) is 19.8 Å². The first-order chi connectivity index (χ1) is 7.36. The molecule has 0 atom stereocenters. The number of aliphatic imine (C=N–C) groups is 1. The summed E-state index contributed by atoms with van der Waals surface area (Å²) < 4.78 is 0. The first-order valence-corrected chi connectivity index (χ1v) is 5.05. The molecule has 0 saturated heterocycles. The molecule has 1 heterocycles. The van der Waals surface area contributed by atoms with E-state index in [1.807, 2.05) is 12.1 Å². The number of hydrazine groups is 1. The molecule has 5 heteroatoms. The lowest BCUT2D eigenvalue weighted by molar-refractivity contribution is 0.801. The Balaban J connectivity index is 2.50. The molecule has 0 radical (unpaired) electrons. The number of pyridine rings is 1. The molecule has 0 fully saturated rings. The lowest BCUT2D eigenvalue weighted by Crippen LogP contribution is -2.36. The monoisotopic (exact) mass is 207 g/mol. The van der Waals surface area contributed by atoms with E-state index >= 15 is 0 Å². The van der Waals surface area contributed by atoms with Crippen molar-refractivity contribution in [2.75, 3.05) is 11.9 Å². The van der Waals surface area contributed by atoms with E-state index in [-0.39, 0.29) is 0 Å². The Kier molecular flexibility index (Phi) is 5.18. The number of anilines is 1. The maximum absolute atomic E-state index is 5.34. The average Bonchev–Trinajstić information content (AvgIpc) is 2.29. The number of guanidine groups is 1. The van der Waals surface area contributed by atoms with Gasteiger partial charge in [-0.05, 0) is 18.6 Å². The van der Waals surface area contributed by atoms with Crippen molar-refractivity contribution in [3.8, 4) is 0 Å². The SMILES string of the molecule is CCCCN=C(NN)Nc1cccnc1. The van der Waals surface area contributed by atoms with Crippen LogP contribution in [0, 0.1) is 0 Å². The second kappa shape index (κ2) is 6.78. The van der Waals surface area contributed by atoms with Crippen molar-refractivity contribution in [1.82, 2.24) is 10.4 Å². The van der Waals surface area contributed by atoms with Gasteiger partial charge in [-0.3, -0.25) is 15.4 Å². The summed E-state index contributed by atoms with van der Waals surface area (Å²) in [4.78, 5) is 8.25. The van der Waals surface area contributed by atoms with Gasteiger partial charge in [0.05, 0.1) is 11.9 Å². The van der Waals surface area contributed by atoms with Crippen LogP contribution in [-0.4, -0.2) is 17.5 Å². The van der Waals surface area contributed by atoms with Crippen molar-refractivity contribution in [3.05, 3.63) is 24.5 Å². The van der Waals surface area contributed by atoms with Crippen LogP contribution in [-0.2, 0) is 0 Å². The van der Waals surface area contributed by atoms with Crippen molar-refractivity contribution >= 4 is 11.6 Å². The van der Waals surface area contributed by atoms with Crippen molar-refractivity contribution in [2.24, 2.45) is 10.8 Å². The first-order valence-electron chi connectivity index (χ1n) is 5.05. The fourth-order valence-electron chi connectivity index (χ4n) is 1.04. The van der Waals surface area contributed by atoms with Gasteiger partial charge in [0.1, 0.15) is 0 Å². The number of nitrogens with zero attached hydrogens (tertiary/aromatic N) is 2. The van der Waals surface area contributed by atoms with E-state index in [2.05, 4.69) is 27.6 Å². The molecule has 0 aliphatic carbocycles. The molecule has 0 unspecified atom stereocenters. The third-order valence-electron chi connectivity index (χ3n) is 1.84. The van der Waals surface area contributed by atoms with Crippen molar-refractivity contribution in [1.29, 1.82) is 0 Å². The number of nitrogens with one attached hydrogen (secondary N) is 2. The Labute approximate surface area is 89.8 Å². The standard InChI is InChI=1S/C10H17N5/c1-2-3-7-13-10(15-11)14-9-5-4-6-12-8-9/h4-6,8H,2-3,7,11H2,1H3,(H2,13,14,15). The molecule has 4 N–H and O–H groups in total. The van der Waals surface area contributed by atoms with E-state index in [1.54, 1.807) is 12.4 Å². The maximum atomic E-state index is 5.34. The van der Waals surface area contributed by atoms with Gasteiger partial charge in [-0.25, -0.2) is 5.84 Å². The Morgan fingerprint density at radius 1 is 1.60 bits per heavy atom. The predicted octanol–water partition coefficient (Wildman–Crippen LogP) is 1.11. The highest BCUT2D eigenvalue weighted by molar-refractivity contribution is 5.92. The highest BCUT2D eigenvalue weighted by Gasteiger charge is 1.96. The summed E-state index contributed by atoms with van der Waals surface area (Å²) in [6.45, 7) is 2.89. The molecule has 82 valence electrons. The smallest absolute Gasteiger partial charge is 0.210 e. The van der Waals surface area contributed by atoms with E-state index in [0.29, 0.717) is 5.96 Å². The third-order valence-corrected chi connectivity index (χ3v) is 1.84. The Morgan fingerprint density at radius 3 is 3.07 bits per heavy atom. The Bertz CT molecular complexity index is 296. The second-order valence-electron chi connectivity index (χ2n) is 3.09. The van der Waals surface area contributed by atoms with Crippen molar-refractivity contribution < 1.29 is 0 Å². The van der Waals surface area contributed by atoms with Gasteiger partial charge in [-0.2, -0.15) is 0 Å².